The number of H-pyrrole nitrogens is 1. The van der Waals surface area contributed by atoms with Crippen LogP contribution in [0.25, 0.3) is 0 Å². The second-order valence-corrected chi connectivity index (χ2v) is 11.8. The molecule has 2 heterocycles. The number of benzene rings is 3. The van der Waals surface area contributed by atoms with E-state index in [1.165, 1.54) is 10.8 Å². The highest BCUT2D eigenvalue weighted by Gasteiger charge is 2.46. The van der Waals surface area contributed by atoms with Gasteiger partial charge < -0.3 is 14.0 Å². The minimum Gasteiger partial charge on any atom is -0.413 e. The van der Waals surface area contributed by atoms with Gasteiger partial charge in [-0.3, -0.25) is 23.4 Å². The van der Waals surface area contributed by atoms with Crippen LogP contribution in [0.1, 0.15) is 41.8 Å². The maximum Gasteiger partial charge on any atom is 0.529 e. The van der Waals surface area contributed by atoms with E-state index in [9.17, 15) is 14.2 Å². The summed E-state index contributed by atoms with van der Waals surface area (Å²) in [6, 6.07) is 29.5. The number of nitrogens with one attached hydrogen (secondary N) is 1. The van der Waals surface area contributed by atoms with Crippen LogP contribution in [-0.2, 0) is 33.2 Å². The molecule has 1 N–H and O–H groups in total. The first-order chi connectivity index (χ1) is 21.3. The zero-order valence-electron chi connectivity index (χ0n) is 24.5. The highest BCUT2D eigenvalue weighted by molar-refractivity contribution is 7.48. The molecule has 10 nitrogen and oxygen atoms in total. The van der Waals surface area contributed by atoms with Gasteiger partial charge in [0.15, 0.2) is 0 Å². The number of phosphoric acid groups is 1. The molecule has 1 aromatic heterocycles. The first kappa shape index (κ1) is 31.4. The summed E-state index contributed by atoms with van der Waals surface area (Å²) in [5.41, 5.74) is 0.772. The van der Waals surface area contributed by atoms with Gasteiger partial charge in [-0.15, -0.1) is 0 Å². The van der Waals surface area contributed by atoms with Gasteiger partial charge in [0, 0.05) is 18.2 Å². The van der Waals surface area contributed by atoms with Gasteiger partial charge in [-0.1, -0.05) is 97.6 Å². The Morgan fingerprint density at radius 1 is 0.977 bits per heavy atom. The third kappa shape index (κ3) is 6.55. The third-order valence-electron chi connectivity index (χ3n) is 7.40. The smallest absolute Gasteiger partial charge is 0.413 e. The second kappa shape index (κ2) is 13.7. The molecule has 0 aliphatic carbocycles. The Morgan fingerprint density at radius 2 is 1.52 bits per heavy atom. The molecule has 5 rings (SSSR count). The average molecular weight is 619 g/mol. The fourth-order valence-corrected chi connectivity index (χ4v) is 6.63. The molecule has 0 spiro atoms. The number of aromatic nitrogens is 2. The number of rotatable bonds is 13. The van der Waals surface area contributed by atoms with Crippen LogP contribution in [0.3, 0.4) is 0 Å². The molecule has 230 valence electrons. The van der Waals surface area contributed by atoms with Crippen molar-refractivity contribution < 1.29 is 27.6 Å². The molecule has 3 aromatic carbocycles. The highest BCUT2D eigenvalue weighted by Crippen LogP contribution is 2.53. The van der Waals surface area contributed by atoms with Crippen LogP contribution in [0.5, 0.6) is 0 Å². The van der Waals surface area contributed by atoms with Crippen LogP contribution in [0, 0.1) is 6.92 Å². The van der Waals surface area contributed by atoms with Crippen molar-refractivity contribution in [2.75, 3.05) is 13.2 Å². The first-order valence-electron chi connectivity index (χ1n) is 14.3. The largest absolute Gasteiger partial charge is 0.529 e. The summed E-state index contributed by atoms with van der Waals surface area (Å²) in [5, 5.41) is 0. The van der Waals surface area contributed by atoms with E-state index in [-0.39, 0.29) is 19.6 Å². The van der Waals surface area contributed by atoms with Gasteiger partial charge in [0.1, 0.15) is 24.0 Å². The zero-order chi connectivity index (χ0) is 31.2. The zero-order valence-corrected chi connectivity index (χ0v) is 25.4. The number of aromatic amines is 1. The topological polar surface area (TPSA) is 118 Å². The monoisotopic (exact) mass is 618 g/mol. The number of ether oxygens (including phenoxy) is 2. The minimum atomic E-state index is -4.09. The van der Waals surface area contributed by atoms with Crippen molar-refractivity contribution in [3.63, 3.8) is 0 Å². The maximum atomic E-state index is 13.4. The summed E-state index contributed by atoms with van der Waals surface area (Å²) in [4.78, 5) is 27.1. The molecule has 4 aromatic rings. The van der Waals surface area contributed by atoms with Crippen molar-refractivity contribution >= 4 is 7.82 Å². The van der Waals surface area contributed by atoms with Crippen molar-refractivity contribution in [3.05, 3.63) is 153 Å². The molecule has 1 fully saturated rings. The van der Waals surface area contributed by atoms with E-state index in [2.05, 4.69) is 11.6 Å². The minimum absolute atomic E-state index is 0.0445. The Morgan fingerprint density at radius 3 is 2.02 bits per heavy atom. The molecule has 4 atom stereocenters. The van der Waals surface area contributed by atoms with Crippen molar-refractivity contribution in [2.24, 2.45) is 0 Å². The predicted molar refractivity (Wildman–Crippen MR) is 165 cm³/mol. The van der Waals surface area contributed by atoms with Crippen LogP contribution < -0.4 is 11.2 Å². The van der Waals surface area contributed by atoms with E-state index in [1.54, 1.807) is 13.8 Å². The number of hydrogen-bond donors (Lipinski definition) is 1. The second-order valence-electron chi connectivity index (χ2n) is 10.2. The molecule has 44 heavy (non-hydrogen) atoms. The summed E-state index contributed by atoms with van der Waals surface area (Å²) in [6.45, 7) is 6.76. The molecule has 0 radical (unpaired) electrons. The predicted octanol–water partition coefficient (Wildman–Crippen LogP) is 5.83. The van der Waals surface area contributed by atoms with Crippen molar-refractivity contribution in [1.82, 2.24) is 9.55 Å². The van der Waals surface area contributed by atoms with Gasteiger partial charge >= 0.3 is 13.5 Å². The molecule has 0 saturated carbocycles. The van der Waals surface area contributed by atoms with E-state index in [1.807, 2.05) is 91.0 Å². The van der Waals surface area contributed by atoms with Gasteiger partial charge in [0.05, 0.1) is 19.5 Å². The molecule has 0 amide bonds. The van der Waals surface area contributed by atoms with Gasteiger partial charge in [-0.2, -0.15) is 0 Å². The summed E-state index contributed by atoms with van der Waals surface area (Å²) >= 11 is 0. The number of nitrogens with zero attached hydrogens (tertiary/aromatic N) is 1. The van der Waals surface area contributed by atoms with Crippen LogP contribution in [-0.4, -0.2) is 35.0 Å². The molecular weight excluding hydrogens is 583 g/mol. The molecule has 1 unspecified atom stereocenters. The van der Waals surface area contributed by atoms with E-state index in [0.29, 0.717) is 5.56 Å². The maximum absolute atomic E-state index is 13.4. The Hall–Kier alpha value is -4.05. The summed E-state index contributed by atoms with van der Waals surface area (Å²) in [7, 11) is -4.09. The van der Waals surface area contributed by atoms with Crippen molar-refractivity contribution in [1.29, 1.82) is 0 Å². The van der Waals surface area contributed by atoms with Crippen LogP contribution in [0.2, 0.25) is 0 Å². The molecule has 1 saturated heterocycles. The molecule has 1 aliphatic heterocycles. The Labute approximate surface area is 255 Å². The number of hydrogen-bond acceptors (Lipinski definition) is 8. The Kier molecular flexibility index (Phi) is 9.78. The SMILES string of the molecule is C=COP(=O)(OCC)O[C@H]1C[C@H](n2cc(C)c(=O)[nH]c2=O)O[C@@H]1COC(c1ccccc1)(c1ccccc1)c1ccccc1. The molecule has 1 aliphatic rings. The van der Waals surface area contributed by atoms with E-state index >= 15 is 0 Å². The van der Waals surface area contributed by atoms with Crippen LogP contribution in [0.4, 0.5) is 0 Å². The van der Waals surface area contributed by atoms with E-state index in [4.69, 9.17) is 23.0 Å². The lowest BCUT2D eigenvalue weighted by molar-refractivity contribution is -0.0940. The van der Waals surface area contributed by atoms with Crippen molar-refractivity contribution in [2.45, 2.75) is 44.3 Å². The summed E-state index contributed by atoms with van der Waals surface area (Å²) < 4.78 is 44.6. The Bertz CT molecular complexity index is 1610. The van der Waals surface area contributed by atoms with E-state index in [0.717, 1.165) is 23.0 Å². The fraction of sp³-hybridized carbons (Fsp3) is 0.273. The normalized spacial score (nSPS) is 19.7. The third-order valence-corrected chi connectivity index (χ3v) is 8.91. The quantitative estimate of drug-likeness (QED) is 0.113. The standard InChI is InChI=1S/C33H35N2O8P/c1-4-40-44(38,41-5-2)43-28-21-30(35-22-24(3)31(36)34-32(35)37)42-29(28)23-39-33(25-15-9-6-10-16-25,26-17-11-7-12-18-26)27-19-13-8-14-20-27/h4,6-20,22,28-30H,1,5,21,23H2,2-3H3,(H,34,36,37)/t28-,29+,30+,44?/m0/s1. The number of phosphoric ester groups is 1. The summed E-state index contributed by atoms with van der Waals surface area (Å²) in [6.07, 6.45) is -0.0812. The van der Waals surface area contributed by atoms with Crippen molar-refractivity contribution in [3.8, 4) is 0 Å². The molecule has 0 bridgehead atoms. The lowest BCUT2D eigenvalue weighted by Crippen LogP contribution is -2.38. The molecular formula is C33H35N2O8P. The lowest BCUT2D eigenvalue weighted by atomic mass is 9.80. The van der Waals surface area contributed by atoms with Crippen LogP contribution in [0.15, 0.2) is 120 Å². The molecule has 11 heteroatoms. The number of aryl methyl sites for hydroxylation is 1. The fourth-order valence-electron chi connectivity index (χ4n) is 5.41. The lowest BCUT2D eigenvalue weighted by Gasteiger charge is -2.37. The van der Waals surface area contributed by atoms with Gasteiger partial charge in [-0.25, -0.2) is 9.36 Å². The first-order valence-corrected chi connectivity index (χ1v) is 15.8. The Balaban J connectivity index is 1.57. The van der Waals surface area contributed by atoms with Gasteiger partial charge in [-0.05, 0) is 30.5 Å². The van der Waals surface area contributed by atoms with E-state index < -0.39 is 43.1 Å². The summed E-state index contributed by atoms with van der Waals surface area (Å²) in [5.74, 6) is 0. The van der Waals surface area contributed by atoms with Crippen LogP contribution >= 0.6 is 7.82 Å². The average Bonchev–Trinajstić information content (AvgIpc) is 3.42. The van der Waals surface area contributed by atoms with Gasteiger partial charge in [0.25, 0.3) is 5.56 Å². The highest BCUT2D eigenvalue weighted by atomic mass is 31.2. The van der Waals surface area contributed by atoms with Gasteiger partial charge in [0.2, 0.25) is 0 Å².